The standard InChI is InChI=1S/C13H20N4/c1-2-5-17(4-1)13-12(16-6-3-7-16)11(10-14-13)15-8-9-15/h10,14H,1-9H2. The molecule has 92 valence electrons. The Labute approximate surface area is 102 Å². The summed E-state index contributed by atoms with van der Waals surface area (Å²) in [5, 5.41) is 0. The van der Waals surface area contributed by atoms with Gasteiger partial charge < -0.3 is 19.7 Å². The number of nitrogens with one attached hydrogen (secondary N) is 1. The second kappa shape index (κ2) is 3.59. The van der Waals surface area contributed by atoms with E-state index < -0.39 is 0 Å². The molecular weight excluding hydrogens is 212 g/mol. The van der Waals surface area contributed by atoms with Gasteiger partial charge >= 0.3 is 0 Å². The van der Waals surface area contributed by atoms with Crippen molar-refractivity contribution in [2.24, 2.45) is 0 Å². The Morgan fingerprint density at radius 2 is 1.47 bits per heavy atom. The molecule has 17 heavy (non-hydrogen) atoms. The van der Waals surface area contributed by atoms with Gasteiger partial charge in [-0.15, -0.1) is 0 Å². The summed E-state index contributed by atoms with van der Waals surface area (Å²) in [4.78, 5) is 11.1. The molecule has 0 bridgehead atoms. The summed E-state index contributed by atoms with van der Waals surface area (Å²) in [7, 11) is 0. The predicted molar refractivity (Wildman–Crippen MR) is 71.3 cm³/mol. The first kappa shape index (κ1) is 9.68. The average Bonchev–Trinajstić information content (AvgIpc) is 2.81. The zero-order chi connectivity index (χ0) is 11.2. The summed E-state index contributed by atoms with van der Waals surface area (Å²) in [5.41, 5.74) is 2.92. The number of H-pyrrole nitrogens is 1. The SMILES string of the molecule is c1[nH]c(N2CCCC2)c(N2CCC2)c1N1CC1. The topological polar surface area (TPSA) is 25.3 Å². The minimum Gasteiger partial charge on any atom is -0.367 e. The van der Waals surface area contributed by atoms with Crippen molar-refractivity contribution in [2.45, 2.75) is 19.3 Å². The molecule has 3 fully saturated rings. The fourth-order valence-corrected chi connectivity index (χ4v) is 2.96. The minimum absolute atomic E-state index is 1.22. The Balaban J connectivity index is 1.71. The highest BCUT2D eigenvalue weighted by molar-refractivity contribution is 5.85. The Kier molecular flexibility index (Phi) is 2.04. The van der Waals surface area contributed by atoms with Crippen LogP contribution in [-0.2, 0) is 0 Å². The van der Waals surface area contributed by atoms with E-state index in [-0.39, 0.29) is 0 Å². The highest BCUT2D eigenvalue weighted by Crippen LogP contribution is 2.43. The van der Waals surface area contributed by atoms with E-state index >= 15 is 0 Å². The third-order valence-electron chi connectivity index (χ3n) is 4.20. The molecule has 0 spiro atoms. The van der Waals surface area contributed by atoms with Gasteiger partial charge in [0.25, 0.3) is 0 Å². The monoisotopic (exact) mass is 232 g/mol. The molecule has 1 aromatic rings. The van der Waals surface area contributed by atoms with E-state index in [1.165, 1.54) is 75.7 Å². The normalized spacial score (nSPS) is 23.2. The van der Waals surface area contributed by atoms with E-state index in [1.54, 1.807) is 0 Å². The number of rotatable bonds is 3. The molecule has 0 aliphatic carbocycles. The summed E-state index contributed by atoms with van der Waals surface area (Å²) in [6.07, 6.45) is 6.26. The van der Waals surface area contributed by atoms with E-state index in [1.807, 2.05) is 0 Å². The summed E-state index contributed by atoms with van der Waals surface area (Å²) in [6, 6.07) is 0. The smallest absolute Gasteiger partial charge is 0.132 e. The van der Waals surface area contributed by atoms with Gasteiger partial charge in [-0.2, -0.15) is 0 Å². The summed E-state index contributed by atoms with van der Waals surface area (Å²) < 4.78 is 0. The zero-order valence-electron chi connectivity index (χ0n) is 10.3. The van der Waals surface area contributed by atoms with Crippen molar-refractivity contribution < 1.29 is 0 Å². The highest BCUT2D eigenvalue weighted by Gasteiger charge is 2.31. The number of nitrogens with zero attached hydrogens (tertiary/aromatic N) is 3. The van der Waals surface area contributed by atoms with E-state index in [0.717, 1.165) is 0 Å². The van der Waals surface area contributed by atoms with Crippen LogP contribution in [0.3, 0.4) is 0 Å². The van der Waals surface area contributed by atoms with Crippen LogP contribution in [0.5, 0.6) is 0 Å². The third kappa shape index (κ3) is 1.50. The van der Waals surface area contributed by atoms with E-state index in [9.17, 15) is 0 Å². The van der Waals surface area contributed by atoms with Crippen LogP contribution in [0.15, 0.2) is 6.20 Å². The first-order valence-corrected chi connectivity index (χ1v) is 6.90. The van der Waals surface area contributed by atoms with Crippen LogP contribution >= 0.6 is 0 Å². The van der Waals surface area contributed by atoms with Gasteiger partial charge in [0.05, 0.1) is 5.69 Å². The molecule has 3 aliphatic heterocycles. The molecular formula is C13H20N4. The van der Waals surface area contributed by atoms with Crippen LogP contribution in [0.4, 0.5) is 17.2 Å². The number of hydrogen-bond donors (Lipinski definition) is 1. The molecule has 4 heteroatoms. The number of hydrogen-bond acceptors (Lipinski definition) is 3. The molecule has 0 radical (unpaired) electrons. The van der Waals surface area contributed by atoms with Crippen LogP contribution in [0.25, 0.3) is 0 Å². The van der Waals surface area contributed by atoms with Gasteiger partial charge in [-0.05, 0) is 19.3 Å². The summed E-state index contributed by atoms with van der Waals surface area (Å²) in [5.74, 6) is 1.38. The third-order valence-corrected chi connectivity index (χ3v) is 4.20. The fourth-order valence-electron chi connectivity index (χ4n) is 2.96. The van der Waals surface area contributed by atoms with Crippen molar-refractivity contribution in [2.75, 3.05) is 54.0 Å². The maximum atomic E-state index is 3.53. The number of aromatic nitrogens is 1. The molecule has 4 rings (SSSR count). The Hall–Kier alpha value is -1.32. The lowest BCUT2D eigenvalue weighted by atomic mass is 10.2. The first-order valence-electron chi connectivity index (χ1n) is 6.90. The molecule has 0 saturated carbocycles. The molecule has 3 aliphatic rings. The molecule has 1 N–H and O–H groups in total. The van der Waals surface area contributed by atoms with Gasteiger partial charge in [-0.25, -0.2) is 0 Å². The fraction of sp³-hybridized carbons (Fsp3) is 0.692. The number of aromatic amines is 1. The van der Waals surface area contributed by atoms with Gasteiger partial charge in [0.15, 0.2) is 0 Å². The van der Waals surface area contributed by atoms with E-state index in [2.05, 4.69) is 25.9 Å². The van der Waals surface area contributed by atoms with Crippen LogP contribution in [0, 0.1) is 0 Å². The van der Waals surface area contributed by atoms with Crippen molar-refractivity contribution in [3.63, 3.8) is 0 Å². The quantitative estimate of drug-likeness (QED) is 0.802. The van der Waals surface area contributed by atoms with Crippen LogP contribution in [0.2, 0.25) is 0 Å². The average molecular weight is 232 g/mol. The molecule has 4 nitrogen and oxygen atoms in total. The molecule has 0 amide bonds. The van der Waals surface area contributed by atoms with Crippen molar-refractivity contribution in [1.82, 2.24) is 4.98 Å². The largest absolute Gasteiger partial charge is 0.367 e. The Morgan fingerprint density at radius 3 is 2.06 bits per heavy atom. The lowest BCUT2D eigenvalue weighted by Crippen LogP contribution is -2.38. The summed E-state index contributed by atoms with van der Waals surface area (Å²) >= 11 is 0. The Bertz CT molecular complexity index is 411. The van der Waals surface area contributed by atoms with Crippen molar-refractivity contribution >= 4 is 17.2 Å². The molecule has 3 saturated heterocycles. The van der Waals surface area contributed by atoms with Crippen molar-refractivity contribution in [3.8, 4) is 0 Å². The van der Waals surface area contributed by atoms with Crippen LogP contribution < -0.4 is 14.7 Å². The van der Waals surface area contributed by atoms with Gasteiger partial charge in [0.2, 0.25) is 0 Å². The second-order valence-electron chi connectivity index (χ2n) is 5.39. The maximum absolute atomic E-state index is 3.53. The number of anilines is 3. The van der Waals surface area contributed by atoms with Crippen LogP contribution in [0.1, 0.15) is 19.3 Å². The molecule has 4 heterocycles. The molecule has 1 aromatic heterocycles. The van der Waals surface area contributed by atoms with E-state index in [0.29, 0.717) is 0 Å². The van der Waals surface area contributed by atoms with E-state index in [4.69, 9.17) is 0 Å². The summed E-state index contributed by atoms with van der Waals surface area (Å²) in [6.45, 7) is 7.39. The van der Waals surface area contributed by atoms with Gasteiger partial charge in [-0.1, -0.05) is 0 Å². The Morgan fingerprint density at radius 1 is 0.765 bits per heavy atom. The van der Waals surface area contributed by atoms with Crippen molar-refractivity contribution in [1.29, 1.82) is 0 Å². The maximum Gasteiger partial charge on any atom is 0.132 e. The van der Waals surface area contributed by atoms with Crippen molar-refractivity contribution in [3.05, 3.63) is 6.20 Å². The van der Waals surface area contributed by atoms with Gasteiger partial charge in [-0.3, -0.25) is 0 Å². The molecule has 0 unspecified atom stereocenters. The minimum atomic E-state index is 1.22. The first-order chi connectivity index (χ1) is 8.43. The van der Waals surface area contributed by atoms with Crippen LogP contribution in [-0.4, -0.2) is 44.3 Å². The zero-order valence-corrected chi connectivity index (χ0v) is 10.3. The molecule has 0 aromatic carbocycles. The van der Waals surface area contributed by atoms with Gasteiger partial charge in [0.1, 0.15) is 11.5 Å². The highest BCUT2D eigenvalue weighted by atomic mass is 15.3. The van der Waals surface area contributed by atoms with Gasteiger partial charge in [0, 0.05) is 45.5 Å². The lowest BCUT2D eigenvalue weighted by Gasteiger charge is -2.35. The predicted octanol–water partition coefficient (Wildman–Crippen LogP) is 1.64. The second-order valence-corrected chi connectivity index (χ2v) is 5.39. The molecule has 0 atom stereocenters. The lowest BCUT2D eigenvalue weighted by molar-refractivity contribution is 0.617.